The average molecular weight is 388 g/mol. The summed E-state index contributed by atoms with van der Waals surface area (Å²) in [5.41, 5.74) is 8.33. The Morgan fingerprint density at radius 2 is 1.89 bits per heavy atom. The van der Waals surface area contributed by atoms with Gasteiger partial charge in [-0.15, -0.1) is 0 Å². The van der Waals surface area contributed by atoms with Crippen molar-refractivity contribution in [1.29, 1.82) is 0 Å². The zero-order valence-electron chi connectivity index (χ0n) is 15.1. The number of nitrogens with two attached hydrogens (primary N) is 1. The van der Waals surface area contributed by atoms with Crippen molar-refractivity contribution in [2.45, 2.75) is 31.8 Å². The fraction of sp³-hybridized carbons (Fsp3) is 0.333. The van der Waals surface area contributed by atoms with Crippen LogP contribution in [0.15, 0.2) is 23.4 Å². The molecule has 1 aromatic carbocycles. The molecule has 8 nitrogen and oxygen atoms in total. The molecule has 0 fully saturated rings. The number of hydrogen-bond donors (Lipinski definition) is 2. The summed E-state index contributed by atoms with van der Waals surface area (Å²) < 4.78 is 10.6. The molecule has 3 rings (SSSR count). The summed E-state index contributed by atoms with van der Waals surface area (Å²) in [7, 11) is 0. The number of carbonyl (C=O) groups excluding carboxylic acids is 2. The highest BCUT2D eigenvalue weighted by Gasteiger charge is 2.15. The number of aryl methyl sites for hydroxylation is 2. The number of ether oxygens (including phenoxy) is 2. The van der Waals surface area contributed by atoms with Crippen LogP contribution in [0.1, 0.15) is 23.4 Å². The van der Waals surface area contributed by atoms with E-state index in [-0.39, 0.29) is 18.5 Å². The lowest BCUT2D eigenvalue weighted by Crippen LogP contribution is -2.15. The molecule has 0 bridgehead atoms. The smallest absolute Gasteiger partial charge is 0.231 e. The summed E-state index contributed by atoms with van der Waals surface area (Å²) in [6.07, 6.45) is 0.822. The molecule has 0 radical (unpaired) electrons. The fourth-order valence-corrected chi connectivity index (χ4v) is 3.38. The van der Waals surface area contributed by atoms with Gasteiger partial charge in [-0.05, 0) is 38.0 Å². The third-order valence-electron chi connectivity index (χ3n) is 4.00. The van der Waals surface area contributed by atoms with Crippen LogP contribution >= 0.6 is 11.8 Å². The van der Waals surface area contributed by atoms with E-state index in [1.54, 1.807) is 18.2 Å². The van der Waals surface area contributed by atoms with Gasteiger partial charge < -0.3 is 20.5 Å². The summed E-state index contributed by atoms with van der Waals surface area (Å²) in [6.45, 7) is 3.93. The number of thioether (sulfide) groups is 1. The lowest BCUT2D eigenvalue weighted by atomic mass is 10.1. The monoisotopic (exact) mass is 388 g/mol. The normalized spacial score (nSPS) is 12.1. The van der Waals surface area contributed by atoms with E-state index >= 15 is 0 Å². The van der Waals surface area contributed by atoms with Crippen LogP contribution in [0.25, 0.3) is 0 Å². The third kappa shape index (κ3) is 4.88. The number of carbonyl (C=O) groups is 2. The number of primary amides is 1. The summed E-state index contributed by atoms with van der Waals surface area (Å²) in [4.78, 5) is 31.9. The molecular weight excluding hydrogens is 368 g/mol. The second-order valence-electron chi connectivity index (χ2n) is 6.03. The van der Waals surface area contributed by atoms with Gasteiger partial charge in [0.25, 0.3) is 0 Å². The van der Waals surface area contributed by atoms with E-state index < -0.39 is 5.91 Å². The Hall–Kier alpha value is -2.81. The van der Waals surface area contributed by atoms with E-state index in [2.05, 4.69) is 15.3 Å². The Labute approximate surface area is 160 Å². The van der Waals surface area contributed by atoms with E-state index in [0.29, 0.717) is 35.2 Å². The van der Waals surface area contributed by atoms with E-state index in [4.69, 9.17) is 15.2 Å². The van der Waals surface area contributed by atoms with Crippen LogP contribution in [0.5, 0.6) is 11.5 Å². The topological polar surface area (TPSA) is 116 Å². The Balaban J connectivity index is 1.59. The summed E-state index contributed by atoms with van der Waals surface area (Å²) >= 11 is 1.20. The SMILES string of the molecule is Cc1nc(SCC(N)=O)nc(C)c1CCC(=O)Nc1ccc2c(c1)OCO2. The maximum atomic E-state index is 12.3. The molecule has 1 aliphatic heterocycles. The molecule has 0 saturated carbocycles. The van der Waals surface area contributed by atoms with Crippen molar-refractivity contribution in [1.82, 2.24) is 9.97 Å². The van der Waals surface area contributed by atoms with E-state index in [9.17, 15) is 9.59 Å². The minimum absolute atomic E-state index is 0.111. The van der Waals surface area contributed by atoms with Gasteiger partial charge in [0.1, 0.15) is 0 Å². The maximum Gasteiger partial charge on any atom is 0.231 e. The first-order chi connectivity index (χ1) is 12.9. The van der Waals surface area contributed by atoms with Crippen molar-refractivity contribution in [3.63, 3.8) is 0 Å². The molecular formula is C18H20N4O4S. The molecule has 9 heteroatoms. The number of amides is 2. The summed E-state index contributed by atoms with van der Waals surface area (Å²) in [5.74, 6) is 0.904. The first-order valence-corrected chi connectivity index (χ1v) is 9.35. The van der Waals surface area contributed by atoms with E-state index in [0.717, 1.165) is 17.0 Å². The van der Waals surface area contributed by atoms with Crippen LogP contribution in [-0.4, -0.2) is 34.3 Å². The zero-order valence-corrected chi connectivity index (χ0v) is 15.9. The number of fused-ring (bicyclic) bond motifs is 1. The molecule has 0 spiro atoms. The molecule has 2 amide bonds. The molecule has 1 aromatic heterocycles. The van der Waals surface area contributed by atoms with Crippen molar-refractivity contribution in [3.8, 4) is 11.5 Å². The van der Waals surface area contributed by atoms with Crippen LogP contribution in [0, 0.1) is 13.8 Å². The zero-order chi connectivity index (χ0) is 19.4. The molecule has 2 aromatic rings. The van der Waals surface area contributed by atoms with Gasteiger partial charge in [0.15, 0.2) is 16.7 Å². The van der Waals surface area contributed by atoms with Crippen molar-refractivity contribution < 1.29 is 19.1 Å². The van der Waals surface area contributed by atoms with Crippen molar-refractivity contribution >= 4 is 29.3 Å². The lowest BCUT2D eigenvalue weighted by molar-refractivity contribution is -0.116. The van der Waals surface area contributed by atoms with Crippen molar-refractivity contribution in [2.24, 2.45) is 5.73 Å². The van der Waals surface area contributed by atoms with Gasteiger partial charge in [-0.3, -0.25) is 9.59 Å². The van der Waals surface area contributed by atoms with Crippen LogP contribution in [0.2, 0.25) is 0 Å². The van der Waals surface area contributed by atoms with Gasteiger partial charge in [0.2, 0.25) is 18.6 Å². The van der Waals surface area contributed by atoms with Gasteiger partial charge in [-0.25, -0.2) is 9.97 Å². The van der Waals surface area contributed by atoms with Crippen molar-refractivity contribution in [3.05, 3.63) is 35.2 Å². The number of rotatable bonds is 7. The quantitative estimate of drug-likeness (QED) is 0.550. The third-order valence-corrected chi connectivity index (χ3v) is 4.87. The Kier molecular flexibility index (Phi) is 5.80. The molecule has 0 saturated heterocycles. The molecule has 1 aliphatic rings. The van der Waals surface area contributed by atoms with Gasteiger partial charge in [-0.2, -0.15) is 0 Å². The highest BCUT2D eigenvalue weighted by Crippen LogP contribution is 2.34. The van der Waals surface area contributed by atoms with Crippen LogP contribution in [0.3, 0.4) is 0 Å². The van der Waals surface area contributed by atoms with Gasteiger partial charge in [0, 0.05) is 29.6 Å². The molecule has 0 atom stereocenters. The second-order valence-corrected chi connectivity index (χ2v) is 6.97. The maximum absolute atomic E-state index is 12.3. The molecule has 3 N–H and O–H groups in total. The Bertz CT molecular complexity index is 865. The number of nitrogens with one attached hydrogen (secondary N) is 1. The van der Waals surface area contributed by atoms with Gasteiger partial charge in [0.05, 0.1) is 5.75 Å². The number of hydrogen-bond acceptors (Lipinski definition) is 7. The molecule has 0 unspecified atom stereocenters. The Morgan fingerprint density at radius 3 is 2.59 bits per heavy atom. The van der Waals surface area contributed by atoms with Crippen LogP contribution < -0.4 is 20.5 Å². The molecule has 27 heavy (non-hydrogen) atoms. The fourth-order valence-electron chi connectivity index (χ4n) is 2.71. The number of benzene rings is 1. The number of nitrogens with zero attached hydrogens (tertiary/aromatic N) is 2. The first kappa shape index (κ1) is 19.0. The predicted octanol–water partition coefficient (Wildman–Crippen LogP) is 1.97. The summed E-state index contributed by atoms with van der Waals surface area (Å²) in [5, 5.41) is 3.37. The highest BCUT2D eigenvalue weighted by atomic mass is 32.2. The van der Waals surface area contributed by atoms with E-state index in [1.165, 1.54) is 11.8 Å². The van der Waals surface area contributed by atoms with Crippen LogP contribution in [0.4, 0.5) is 5.69 Å². The highest BCUT2D eigenvalue weighted by molar-refractivity contribution is 7.99. The van der Waals surface area contributed by atoms with Gasteiger partial charge >= 0.3 is 0 Å². The minimum Gasteiger partial charge on any atom is -0.454 e. The molecule has 0 aliphatic carbocycles. The molecule has 142 valence electrons. The number of anilines is 1. The average Bonchev–Trinajstić information content (AvgIpc) is 3.07. The van der Waals surface area contributed by atoms with Crippen LogP contribution in [-0.2, 0) is 16.0 Å². The first-order valence-electron chi connectivity index (χ1n) is 8.37. The minimum atomic E-state index is -0.414. The predicted molar refractivity (Wildman–Crippen MR) is 101 cm³/mol. The van der Waals surface area contributed by atoms with Gasteiger partial charge in [-0.1, -0.05) is 11.8 Å². The largest absolute Gasteiger partial charge is 0.454 e. The van der Waals surface area contributed by atoms with E-state index in [1.807, 2.05) is 13.8 Å². The lowest BCUT2D eigenvalue weighted by Gasteiger charge is -2.11. The Morgan fingerprint density at radius 1 is 1.19 bits per heavy atom. The number of aromatic nitrogens is 2. The second kappa shape index (κ2) is 8.26. The molecule has 2 heterocycles. The standard InChI is InChI=1S/C18H20N4O4S/c1-10-13(11(2)21-18(20-10)27-8-16(19)23)4-6-17(24)22-12-3-5-14-15(7-12)26-9-25-14/h3,5,7H,4,6,8-9H2,1-2H3,(H2,19,23)(H,22,24). The van der Waals surface area contributed by atoms with Crippen molar-refractivity contribution in [2.75, 3.05) is 17.9 Å². The summed E-state index contributed by atoms with van der Waals surface area (Å²) in [6, 6.07) is 5.28.